The first-order valence-corrected chi connectivity index (χ1v) is 40.9. The van der Waals surface area contributed by atoms with Crippen molar-refractivity contribution < 1.29 is 81.0 Å². The van der Waals surface area contributed by atoms with Gasteiger partial charge in [0.1, 0.15) is 11.2 Å². The van der Waals surface area contributed by atoms with Crippen molar-refractivity contribution in [2.45, 2.75) is 83.6 Å². The number of nitrogen functional groups attached to an aromatic ring is 4. The van der Waals surface area contributed by atoms with E-state index >= 15 is 0 Å². The van der Waals surface area contributed by atoms with Gasteiger partial charge in [-0.3, -0.25) is 63.9 Å². The number of nitro groups is 2. The molecule has 0 atom stereocenters. The van der Waals surface area contributed by atoms with Crippen LogP contribution in [0.5, 0.6) is 0 Å². The maximum Gasteiger partial charge on any atom is 0.419 e. The molecule has 0 aliphatic rings. The first-order valence-electron chi connectivity index (χ1n) is 38.5. The van der Waals surface area contributed by atoms with Crippen LogP contribution in [-0.4, -0.2) is 129 Å². The van der Waals surface area contributed by atoms with Crippen LogP contribution in [0.25, 0.3) is 65.8 Å². The molecule has 0 aliphatic heterocycles. The monoisotopic (exact) mass is 2080 g/mol. The number of ether oxygens (including phenoxy) is 4. The maximum atomic E-state index is 11.8. The number of fused-ring (bicyclic) bond motifs is 6. The molecule has 6 aromatic heterocycles. The predicted octanol–water partition coefficient (Wildman–Crippen LogP) is 10.2. The van der Waals surface area contributed by atoms with Crippen molar-refractivity contribution in [1.82, 2.24) is 44.9 Å². The van der Waals surface area contributed by atoms with Crippen LogP contribution < -0.4 is 90.4 Å². The lowest BCUT2D eigenvalue weighted by molar-refractivity contribution is -0.384. The minimum absolute atomic E-state index is 0. The number of aromatic nitrogens is 9. The molecule has 19 N–H and O–H groups in total. The predicted molar refractivity (Wildman–Crippen MR) is 516 cm³/mol. The zero-order valence-corrected chi connectivity index (χ0v) is 78.6. The van der Waals surface area contributed by atoms with Gasteiger partial charge in [0.05, 0.1) is 143 Å². The van der Waals surface area contributed by atoms with E-state index in [0.717, 1.165) is 32.3 Å². The highest BCUT2D eigenvalue weighted by molar-refractivity contribution is 9.11. The van der Waals surface area contributed by atoms with Crippen molar-refractivity contribution in [3.8, 4) is 0 Å². The summed E-state index contributed by atoms with van der Waals surface area (Å²) < 4.78 is 33.3. The fourth-order valence-electron chi connectivity index (χ4n) is 12.8. The molecule has 0 aliphatic carbocycles. The number of halogens is 3. The summed E-state index contributed by atoms with van der Waals surface area (Å²) in [5.41, 5.74) is 26.7. The number of nitrogens with two attached hydrogens (primary N) is 4. The highest BCUT2D eigenvalue weighted by atomic mass is 79.9. The molecular formula is C88H84Br3N15O31. The van der Waals surface area contributed by atoms with E-state index in [1.807, 2.05) is 6.92 Å². The van der Waals surface area contributed by atoms with Crippen molar-refractivity contribution in [3.63, 3.8) is 0 Å². The Morgan fingerprint density at radius 2 is 0.693 bits per heavy atom. The molecule has 0 spiro atoms. The van der Waals surface area contributed by atoms with Gasteiger partial charge in [-0.05, 0) is 186 Å². The number of carbonyl (C=O) groups is 6. The van der Waals surface area contributed by atoms with Gasteiger partial charge in [-0.25, -0.2) is 57.5 Å². The molecule has 15 rings (SSSR count). The molecule has 0 bridgehead atoms. The second-order valence-corrected chi connectivity index (χ2v) is 31.1. The number of nitrogens with one attached hydrogen (secondary N) is 9. The fraction of sp³-hybridized carbons (Fsp3) is 0.182. The summed E-state index contributed by atoms with van der Waals surface area (Å²) in [7, 11) is 5.02. The molecule has 0 radical (unpaired) electrons. The van der Waals surface area contributed by atoms with E-state index in [4.69, 9.17) is 37.9 Å². The number of aromatic carboxylic acids is 2. The highest BCUT2D eigenvalue weighted by Crippen LogP contribution is 2.35. The standard InChI is InChI=1S/C12H12N2O4.2C11H10N2O4.C9H5BrN2O5.C9H9BrN2O4.C9H6BrNO3.C9H12N2O2.C9H7NO3.C8H9NO2.CH4/c1-5-4-7-9(14-11(16)10(15)13-7)8(6(5)2)12(17)18-3;1-5-3-4-6-8(7(5)11(16)17-2)13-10(15)9(14)12-6;1-4-3-6-8(7(5(4)2)11(16)17)13-10(15)9(14)12-6;1-3-4(10)2-5(12(15)16)7-6(3)8(13)17-9(14)11-7;1-4-5(10)3-6(12(14)15)8(11)7(4)9(13)16-2;1-4-5(10)2-3-6-7(4)8(12)14-9(13)11-6;1-5-3-4-6(10)8(11)7(5)9(12)13-2;1-5-3-2-4-6-7(5)8(11)13-9(12)10-6;1-5-3-2-4-6(9)7(5)8(10)11;/h4H,1-3H3,(H,13,15)(H,14,16);3-4H,1-2H3,(H,12,14)(H,13,15);3H,1-2H3,(H,12,14)(H,13,15)(H,16,17);2H,1H3,(H,11,14);3H,11H2,1-2H3;2-3H,1H3,(H,11,13);3-4H,10-11H2,1-2H3;2-4H,1H3,(H,10,12);2-4H,9H2,1H3,(H,10,11);1H4. The number of anilines is 4. The van der Waals surface area contributed by atoms with Crippen molar-refractivity contribution in [1.29, 1.82) is 0 Å². The number of methoxy groups -OCH3 is 4. The van der Waals surface area contributed by atoms with E-state index in [-0.39, 0.29) is 85.4 Å². The summed E-state index contributed by atoms with van der Waals surface area (Å²) in [5, 5.41) is 40.2. The molecule has 137 heavy (non-hydrogen) atoms. The Hall–Kier alpha value is -17.1. The van der Waals surface area contributed by atoms with Gasteiger partial charge in [-0.15, -0.1) is 0 Å². The summed E-state index contributed by atoms with van der Waals surface area (Å²) >= 11 is 9.54. The van der Waals surface area contributed by atoms with Crippen LogP contribution in [0, 0.1) is 96.4 Å². The Morgan fingerprint density at radius 3 is 1.18 bits per heavy atom. The molecular weight excluding hydrogens is 2000 g/mol. The average Bonchev–Trinajstić information content (AvgIpc) is 0.771. The third-order valence-corrected chi connectivity index (χ3v) is 22.4. The van der Waals surface area contributed by atoms with Gasteiger partial charge >= 0.3 is 103 Å². The molecule has 15 aromatic rings. The van der Waals surface area contributed by atoms with Crippen LogP contribution in [0.4, 0.5) is 34.1 Å². The number of carbonyl (C=O) groups excluding carboxylic acids is 4. The number of H-pyrrole nitrogens is 9. The number of benzene rings is 9. The summed E-state index contributed by atoms with van der Waals surface area (Å²) in [6.07, 6.45) is 0. The molecule has 46 nitrogen and oxygen atoms in total. The number of aromatic amines is 9. The van der Waals surface area contributed by atoms with Crippen molar-refractivity contribution in [2.75, 3.05) is 51.4 Å². The van der Waals surface area contributed by atoms with Gasteiger partial charge in [0.25, 0.3) is 11.4 Å². The lowest BCUT2D eigenvalue weighted by Gasteiger charge is -2.10. The summed E-state index contributed by atoms with van der Waals surface area (Å²) in [5.74, 6) is -6.85. The number of hydrogen-bond acceptors (Lipinski definition) is 33. The van der Waals surface area contributed by atoms with Gasteiger partial charge in [-0.1, -0.05) is 91.6 Å². The molecule has 49 heteroatoms. The molecule has 0 unspecified atom stereocenters. The Bertz CT molecular complexity index is 8200. The smallest absolute Gasteiger partial charge is 0.419 e. The SMILES string of the molecule is C.COC(=O)c1c(C)c(Br)cc([N+](=O)[O-])c1N.COC(=O)c1c(C)c(C)cc2[nH]c(=O)c(=O)[nH]c12.COC(=O)c1c(C)ccc(N)c1N.COC(=O)c1c(C)ccc2[nH]c(=O)c(=O)[nH]c12.Cc1c(Br)cc([N+](=O)[O-])c2[nH]c(=O)oc(=O)c12.Cc1c(Br)ccc2[nH]c(=O)oc(=O)c12.Cc1cc2[nH]c(=O)c(=O)[nH]c2c(C(=O)O)c1C.Cc1cccc(N)c1C(=O)O.Cc1cccc2[nH]c(=O)oc(=O)c12. The fourth-order valence-corrected chi connectivity index (χ4v) is 14.0. The van der Waals surface area contributed by atoms with Crippen LogP contribution in [0.2, 0.25) is 0 Å². The summed E-state index contributed by atoms with van der Waals surface area (Å²) in [4.78, 5) is 244. The van der Waals surface area contributed by atoms with E-state index in [2.05, 4.69) is 120 Å². The zero-order chi connectivity index (χ0) is 102. The lowest BCUT2D eigenvalue weighted by Crippen LogP contribution is -2.29. The van der Waals surface area contributed by atoms with Crippen LogP contribution in [0.3, 0.4) is 0 Å². The maximum absolute atomic E-state index is 11.8. The van der Waals surface area contributed by atoms with E-state index in [1.165, 1.54) is 40.6 Å². The van der Waals surface area contributed by atoms with Crippen molar-refractivity contribution in [2.24, 2.45) is 0 Å². The Balaban J connectivity index is 0.000000237. The number of carboxylic acids is 2. The van der Waals surface area contributed by atoms with E-state index in [0.29, 0.717) is 97.6 Å². The van der Waals surface area contributed by atoms with Gasteiger partial charge < -0.3 is 95.3 Å². The number of esters is 4. The molecule has 0 amide bonds. The average molecular weight is 2090 g/mol. The quantitative estimate of drug-likeness (QED) is 0.0168. The summed E-state index contributed by atoms with van der Waals surface area (Å²) in [6, 6.07) is 26.2. The van der Waals surface area contributed by atoms with Gasteiger partial charge in [0.2, 0.25) is 0 Å². The number of carboxylic acid groups (broad SMARTS) is 2. The lowest BCUT2D eigenvalue weighted by atomic mass is 10.0. The first kappa shape index (κ1) is 109. The number of nitro benzene ring substituents is 2. The van der Waals surface area contributed by atoms with Crippen LogP contribution in [-0.2, 0) is 18.9 Å². The van der Waals surface area contributed by atoms with E-state index in [1.54, 1.807) is 154 Å². The topological polar surface area (TPSA) is 757 Å². The van der Waals surface area contributed by atoms with Crippen LogP contribution in [0.15, 0.2) is 181 Å². The van der Waals surface area contributed by atoms with Gasteiger partial charge in [0, 0.05) is 31.2 Å². The Morgan fingerprint density at radius 1 is 0.328 bits per heavy atom. The number of rotatable bonds is 8. The van der Waals surface area contributed by atoms with Gasteiger partial charge in [0.15, 0.2) is 0 Å². The molecule has 6 heterocycles. The molecule has 0 fully saturated rings. The first-order chi connectivity index (χ1) is 63.7. The van der Waals surface area contributed by atoms with Gasteiger partial charge in [-0.2, -0.15) is 0 Å². The van der Waals surface area contributed by atoms with Crippen LogP contribution in [0.1, 0.15) is 131 Å². The third-order valence-electron chi connectivity index (χ3n) is 19.9. The number of aryl methyl sites for hydroxylation is 8. The minimum Gasteiger partial charge on any atom is -0.478 e. The minimum atomic E-state index is -1.14. The molecule has 0 saturated heterocycles. The van der Waals surface area contributed by atoms with Crippen LogP contribution >= 0.6 is 47.8 Å². The molecule has 9 aromatic carbocycles. The number of non-ortho nitro benzene ring substituents is 1. The summed E-state index contributed by atoms with van der Waals surface area (Å²) in [6.45, 7) is 19.0. The van der Waals surface area contributed by atoms with Crippen molar-refractivity contribution in [3.05, 3.63) is 350 Å². The Kier molecular flexibility index (Phi) is 36.7. The highest BCUT2D eigenvalue weighted by Gasteiger charge is 2.27. The third kappa shape index (κ3) is 25.2. The normalized spacial score (nSPS) is 10.3. The van der Waals surface area contributed by atoms with E-state index in [9.17, 15) is 107 Å². The Labute approximate surface area is 790 Å². The molecule has 718 valence electrons. The van der Waals surface area contributed by atoms with E-state index < -0.39 is 113 Å². The number of hydrogen-bond donors (Lipinski definition) is 15. The second-order valence-electron chi connectivity index (χ2n) is 28.6. The van der Waals surface area contributed by atoms with Crippen molar-refractivity contribution >= 4 is 184 Å². The second kappa shape index (κ2) is 46.3. The molecule has 0 saturated carbocycles. The zero-order valence-electron chi connectivity index (χ0n) is 73.8. The largest absolute Gasteiger partial charge is 0.478 e. The number of nitrogens with zero attached hydrogens (tertiary/aromatic N) is 2.